The lowest BCUT2D eigenvalue weighted by Crippen LogP contribution is -2.09. The summed E-state index contributed by atoms with van der Waals surface area (Å²) < 4.78 is 11.1. The Balaban J connectivity index is 2.34. The topological polar surface area (TPSA) is 82.3 Å². The number of thioether (sulfide) groups is 1. The first-order valence-corrected chi connectivity index (χ1v) is 7.11. The molecule has 0 radical (unpaired) electrons. The van der Waals surface area contributed by atoms with Crippen molar-refractivity contribution in [2.24, 2.45) is 5.84 Å². The summed E-state index contributed by atoms with van der Waals surface area (Å²) in [5, 5.41) is 0.571. The molecule has 0 amide bonds. The molecule has 0 saturated carbocycles. The van der Waals surface area contributed by atoms with Crippen LogP contribution in [0.5, 0.6) is 17.4 Å². The van der Waals surface area contributed by atoms with E-state index in [2.05, 4.69) is 15.4 Å². The van der Waals surface area contributed by atoms with Gasteiger partial charge in [0, 0.05) is 6.07 Å². The summed E-state index contributed by atoms with van der Waals surface area (Å²) in [7, 11) is 1.60. The third-order valence-electron chi connectivity index (χ3n) is 2.55. The Hall–Kier alpha value is -1.99. The summed E-state index contributed by atoms with van der Waals surface area (Å²) in [4.78, 5) is 8.44. The summed E-state index contributed by atoms with van der Waals surface area (Å²) in [5.74, 6) is 7.51. The number of nitrogens with two attached hydrogens (primary N) is 1. The smallest absolute Gasteiger partial charge is 0.225 e. The Morgan fingerprint density at radius 3 is 2.65 bits per heavy atom. The maximum absolute atomic E-state index is 5.76. The van der Waals surface area contributed by atoms with Crippen LogP contribution in [0.1, 0.15) is 5.56 Å². The van der Waals surface area contributed by atoms with E-state index in [1.165, 1.54) is 11.8 Å². The normalized spacial score (nSPS) is 10.2. The van der Waals surface area contributed by atoms with Crippen LogP contribution in [-0.4, -0.2) is 23.3 Å². The number of nitrogen functional groups attached to an aromatic ring is 1. The molecular weight excluding hydrogens is 276 g/mol. The predicted molar refractivity (Wildman–Crippen MR) is 79.4 cm³/mol. The van der Waals surface area contributed by atoms with Gasteiger partial charge in [-0.05, 0) is 30.9 Å². The van der Waals surface area contributed by atoms with Crippen LogP contribution in [0.4, 0.5) is 5.82 Å². The van der Waals surface area contributed by atoms with E-state index in [4.69, 9.17) is 15.3 Å². The number of nitrogens with zero attached hydrogens (tertiary/aromatic N) is 2. The lowest BCUT2D eigenvalue weighted by molar-refractivity contribution is 0.372. The van der Waals surface area contributed by atoms with E-state index in [0.29, 0.717) is 28.4 Å². The summed E-state index contributed by atoms with van der Waals surface area (Å²) in [6.45, 7) is 1.99. The number of ether oxygens (including phenoxy) is 2. The van der Waals surface area contributed by atoms with E-state index in [1.807, 2.05) is 31.4 Å². The number of rotatable bonds is 5. The summed E-state index contributed by atoms with van der Waals surface area (Å²) in [5.41, 5.74) is 3.58. The molecule has 0 bridgehead atoms. The fraction of sp³-hybridized carbons (Fsp3) is 0.231. The van der Waals surface area contributed by atoms with Gasteiger partial charge in [-0.2, -0.15) is 4.98 Å². The number of benzene rings is 1. The highest BCUT2D eigenvalue weighted by atomic mass is 32.2. The number of aromatic nitrogens is 2. The van der Waals surface area contributed by atoms with Crippen molar-refractivity contribution in [3.05, 3.63) is 29.8 Å². The molecule has 106 valence electrons. The minimum Gasteiger partial charge on any atom is -0.493 e. The molecule has 1 aromatic heterocycles. The zero-order chi connectivity index (χ0) is 14.5. The van der Waals surface area contributed by atoms with Gasteiger partial charge < -0.3 is 14.9 Å². The highest BCUT2D eigenvalue weighted by molar-refractivity contribution is 7.98. The van der Waals surface area contributed by atoms with Crippen LogP contribution in [0.25, 0.3) is 0 Å². The van der Waals surface area contributed by atoms with Gasteiger partial charge in [-0.3, -0.25) is 0 Å². The number of hydrazine groups is 1. The van der Waals surface area contributed by atoms with E-state index < -0.39 is 0 Å². The number of nitrogens with one attached hydrogen (secondary N) is 1. The molecule has 3 N–H and O–H groups in total. The summed E-state index contributed by atoms with van der Waals surface area (Å²) in [6, 6.07) is 7.30. The van der Waals surface area contributed by atoms with Crippen molar-refractivity contribution in [1.29, 1.82) is 0 Å². The average molecular weight is 292 g/mol. The first-order chi connectivity index (χ1) is 9.66. The molecule has 0 fully saturated rings. The molecule has 0 aliphatic heterocycles. The second-order valence-electron chi connectivity index (χ2n) is 3.98. The molecule has 2 rings (SSSR count). The molecule has 0 aliphatic rings. The molecule has 7 heteroatoms. The van der Waals surface area contributed by atoms with Crippen molar-refractivity contribution in [2.45, 2.75) is 12.1 Å². The van der Waals surface area contributed by atoms with Gasteiger partial charge in [-0.15, -0.1) is 0 Å². The summed E-state index contributed by atoms with van der Waals surface area (Å²) in [6.07, 6.45) is 1.88. The first-order valence-electron chi connectivity index (χ1n) is 5.88. The van der Waals surface area contributed by atoms with E-state index in [0.717, 1.165) is 5.56 Å². The zero-order valence-electron chi connectivity index (χ0n) is 11.5. The molecule has 20 heavy (non-hydrogen) atoms. The monoisotopic (exact) mass is 292 g/mol. The van der Waals surface area contributed by atoms with Gasteiger partial charge >= 0.3 is 0 Å². The molecule has 6 nitrogen and oxygen atoms in total. The van der Waals surface area contributed by atoms with E-state index in [-0.39, 0.29) is 0 Å². The fourth-order valence-corrected chi connectivity index (χ4v) is 1.96. The SMILES string of the molecule is COc1cc(C)ccc1Oc1cc(NN)nc(SC)n1. The van der Waals surface area contributed by atoms with Gasteiger partial charge in [0.15, 0.2) is 16.7 Å². The van der Waals surface area contributed by atoms with Crippen molar-refractivity contribution in [3.63, 3.8) is 0 Å². The number of hydrogen-bond donors (Lipinski definition) is 2. The van der Waals surface area contributed by atoms with Gasteiger partial charge in [-0.25, -0.2) is 10.8 Å². The zero-order valence-corrected chi connectivity index (χ0v) is 12.3. The van der Waals surface area contributed by atoms with Crippen molar-refractivity contribution >= 4 is 17.6 Å². The van der Waals surface area contributed by atoms with Crippen molar-refractivity contribution in [3.8, 4) is 17.4 Å². The van der Waals surface area contributed by atoms with Gasteiger partial charge in [0.1, 0.15) is 5.82 Å². The molecule has 0 unspecified atom stereocenters. The van der Waals surface area contributed by atoms with Crippen LogP contribution in [0.15, 0.2) is 29.4 Å². The standard InChI is InChI=1S/C13H16N4O2S/c1-8-4-5-9(10(6-8)18-2)19-12-7-11(17-14)15-13(16-12)20-3/h4-7H,14H2,1-3H3,(H,15,16,17). The number of hydrogen-bond acceptors (Lipinski definition) is 7. The predicted octanol–water partition coefficient (Wildman–Crippen LogP) is 2.59. The van der Waals surface area contributed by atoms with Gasteiger partial charge in [-0.1, -0.05) is 17.8 Å². The van der Waals surface area contributed by atoms with Crippen molar-refractivity contribution in [2.75, 3.05) is 18.8 Å². The third kappa shape index (κ3) is 3.31. The Bertz CT molecular complexity index is 585. The van der Waals surface area contributed by atoms with Gasteiger partial charge in [0.05, 0.1) is 7.11 Å². The lowest BCUT2D eigenvalue weighted by Gasteiger charge is -2.11. The van der Waals surface area contributed by atoms with E-state index >= 15 is 0 Å². The third-order valence-corrected chi connectivity index (χ3v) is 3.09. The molecule has 0 saturated heterocycles. The van der Waals surface area contributed by atoms with E-state index in [9.17, 15) is 0 Å². The van der Waals surface area contributed by atoms with Crippen LogP contribution in [0.2, 0.25) is 0 Å². The first kappa shape index (κ1) is 14.4. The maximum Gasteiger partial charge on any atom is 0.225 e. The van der Waals surface area contributed by atoms with E-state index in [1.54, 1.807) is 13.2 Å². The molecule has 0 spiro atoms. The Kier molecular flexibility index (Phi) is 4.65. The number of aryl methyl sites for hydroxylation is 1. The van der Waals surface area contributed by atoms with Crippen LogP contribution in [0.3, 0.4) is 0 Å². The fourth-order valence-electron chi connectivity index (χ4n) is 1.59. The highest BCUT2D eigenvalue weighted by Gasteiger charge is 2.09. The van der Waals surface area contributed by atoms with Crippen LogP contribution < -0.4 is 20.7 Å². The minimum absolute atomic E-state index is 0.402. The molecule has 1 heterocycles. The quantitative estimate of drug-likeness (QED) is 0.379. The molecular formula is C13H16N4O2S. The minimum atomic E-state index is 0.402. The van der Waals surface area contributed by atoms with Gasteiger partial charge in [0.25, 0.3) is 0 Å². The maximum atomic E-state index is 5.76. The second kappa shape index (κ2) is 6.44. The lowest BCUT2D eigenvalue weighted by atomic mass is 10.2. The average Bonchev–Trinajstić information content (AvgIpc) is 2.48. The number of anilines is 1. The van der Waals surface area contributed by atoms with Crippen molar-refractivity contribution < 1.29 is 9.47 Å². The highest BCUT2D eigenvalue weighted by Crippen LogP contribution is 2.32. The van der Waals surface area contributed by atoms with Crippen LogP contribution in [-0.2, 0) is 0 Å². The Morgan fingerprint density at radius 1 is 1.20 bits per heavy atom. The molecule has 0 atom stereocenters. The molecule has 1 aromatic carbocycles. The number of methoxy groups -OCH3 is 1. The summed E-state index contributed by atoms with van der Waals surface area (Å²) >= 11 is 1.41. The second-order valence-corrected chi connectivity index (χ2v) is 4.75. The Morgan fingerprint density at radius 2 is 2.00 bits per heavy atom. The largest absolute Gasteiger partial charge is 0.493 e. The Labute approximate surface area is 121 Å². The van der Waals surface area contributed by atoms with Crippen LogP contribution >= 0.6 is 11.8 Å². The van der Waals surface area contributed by atoms with Gasteiger partial charge in [0.2, 0.25) is 5.88 Å². The van der Waals surface area contributed by atoms with Crippen molar-refractivity contribution in [1.82, 2.24) is 9.97 Å². The molecule has 2 aromatic rings. The molecule has 0 aliphatic carbocycles. The van der Waals surface area contributed by atoms with Crippen LogP contribution in [0, 0.1) is 6.92 Å².